The second kappa shape index (κ2) is 2.84. The summed E-state index contributed by atoms with van der Waals surface area (Å²) in [6, 6.07) is 0. The van der Waals surface area contributed by atoms with E-state index in [2.05, 4.69) is 12.2 Å². The van der Waals surface area contributed by atoms with Gasteiger partial charge in [0.2, 0.25) is 0 Å². The highest BCUT2D eigenvalue weighted by Crippen LogP contribution is 2.18. The van der Waals surface area contributed by atoms with Crippen molar-refractivity contribution in [1.82, 2.24) is 0 Å². The van der Waals surface area contributed by atoms with Gasteiger partial charge in [-0.3, -0.25) is 0 Å². The van der Waals surface area contributed by atoms with E-state index in [-0.39, 0.29) is 0 Å². The highest BCUT2D eigenvalue weighted by molar-refractivity contribution is 7.78. The number of hydrogen-bond donors (Lipinski definition) is 0. The van der Waals surface area contributed by atoms with E-state index in [9.17, 15) is 13.2 Å². The summed E-state index contributed by atoms with van der Waals surface area (Å²) in [4.78, 5) is 0. The smallest absolute Gasteiger partial charge is 0.171 e. The molecule has 0 aromatic carbocycles. The van der Waals surface area contributed by atoms with E-state index >= 15 is 0 Å². The molecule has 0 aliphatic rings. The molecule has 0 heterocycles. The van der Waals surface area contributed by atoms with Gasteiger partial charge in [0.05, 0.1) is 6.42 Å². The predicted molar refractivity (Wildman–Crippen MR) is 27.8 cm³/mol. The van der Waals surface area contributed by atoms with Crippen molar-refractivity contribution in [3.05, 3.63) is 6.08 Å². The van der Waals surface area contributed by atoms with E-state index < -0.39 is 12.6 Å². The summed E-state index contributed by atoms with van der Waals surface area (Å²) in [7, 11) is 0. The zero-order chi connectivity index (χ0) is 6.62. The van der Waals surface area contributed by atoms with Crippen molar-refractivity contribution in [3.8, 4) is 0 Å². The molecule has 0 atom stereocenters. The fourth-order valence-corrected chi connectivity index (χ4v) is 0.241. The largest absolute Gasteiger partial charge is 0.393 e. The predicted octanol–water partition coefficient (Wildman–Crippen LogP) is 2.09. The molecule has 0 rings (SSSR count). The average Bonchev–Trinajstić information content (AvgIpc) is 1.59. The van der Waals surface area contributed by atoms with Crippen LogP contribution in [-0.2, 0) is 0 Å². The standard InChI is InChI=1S/C4H3F3S/c5-4(6,7)2-1-3-8/h1H,2H2. The van der Waals surface area contributed by atoms with Crippen LogP contribution in [0.15, 0.2) is 6.08 Å². The maximum absolute atomic E-state index is 11.1. The first-order valence-corrected chi connectivity index (χ1v) is 2.23. The van der Waals surface area contributed by atoms with Crippen LogP contribution in [0.1, 0.15) is 6.42 Å². The molecule has 0 fully saturated rings. The van der Waals surface area contributed by atoms with Gasteiger partial charge in [0.15, 0.2) is 0 Å². The van der Waals surface area contributed by atoms with Gasteiger partial charge in [0.25, 0.3) is 0 Å². The van der Waals surface area contributed by atoms with Crippen molar-refractivity contribution in [3.63, 3.8) is 0 Å². The molecule has 0 aromatic heterocycles. The molecule has 8 heavy (non-hydrogen) atoms. The Labute approximate surface area is 50.0 Å². The third-order valence-corrected chi connectivity index (χ3v) is 0.584. The van der Waals surface area contributed by atoms with E-state index in [1.54, 1.807) is 0 Å². The summed E-state index contributed by atoms with van der Waals surface area (Å²) in [5, 5.41) is 1.86. The zero-order valence-corrected chi connectivity index (χ0v) is 4.64. The molecule has 0 unspecified atom stereocenters. The van der Waals surface area contributed by atoms with Gasteiger partial charge in [-0.1, -0.05) is 5.02 Å². The molecule has 0 nitrogen and oxygen atoms in total. The molecule has 46 valence electrons. The van der Waals surface area contributed by atoms with Crippen molar-refractivity contribution in [2.75, 3.05) is 0 Å². The van der Waals surface area contributed by atoms with E-state index in [1.165, 1.54) is 0 Å². The molecule has 4 heteroatoms. The van der Waals surface area contributed by atoms with Gasteiger partial charge in [0.1, 0.15) is 0 Å². The van der Waals surface area contributed by atoms with Gasteiger partial charge >= 0.3 is 6.18 Å². The average molecular weight is 140 g/mol. The number of thiocarbonyl (C=S) groups is 1. The van der Waals surface area contributed by atoms with Crippen LogP contribution in [0, 0.1) is 0 Å². The first-order valence-electron chi connectivity index (χ1n) is 1.82. The molecule has 0 radical (unpaired) electrons. The van der Waals surface area contributed by atoms with Crippen LogP contribution in [0.5, 0.6) is 0 Å². The van der Waals surface area contributed by atoms with Crippen molar-refractivity contribution < 1.29 is 13.2 Å². The number of allylic oxidation sites excluding steroid dienone is 1. The van der Waals surface area contributed by atoms with Crippen molar-refractivity contribution in [2.45, 2.75) is 12.6 Å². The lowest BCUT2D eigenvalue weighted by Gasteiger charge is -1.97. The highest BCUT2D eigenvalue weighted by atomic mass is 32.1. The molecule has 0 saturated heterocycles. The van der Waals surface area contributed by atoms with E-state index in [4.69, 9.17) is 0 Å². The Morgan fingerprint density at radius 2 is 2.00 bits per heavy atom. The molecule has 0 spiro atoms. The second-order valence-corrected chi connectivity index (χ2v) is 1.38. The van der Waals surface area contributed by atoms with Gasteiger partial charge in [-0.25, -0.2) is 0 Å². The molecule has 0 N–H and O–H groups in total. The Morgan fingerprint density at radius 1 is 1.50 bits per heavy atom. The molecule has 0 saturated carbocycles. The van der Waals surface area contributed by atoms with E-state index in [1.807, 2.05) is 5.02 Å². The molecule has 0 aliphatic heterocycles. The number of halogens is 3. The minimum absolute atomic E-state index is 0.773. The maximum Gasteiger partial charge on any atom is 0.393 e. The summed E-state index contributed by atoms with van der Waals surface area (Å²) in [6.07, 6.45) is -4.34. The lowest BCUT2D eigenvalue weighted by atomic mass is 10.4. The minimum Gasteiger partial charge on any atom is -0.171 e. The fourth-order valence-electron chi connectivity index (χ4n) is 0.157. The lowest BCUT2D eigenvalue weighted by molar-refractivity contribution is -0.124. The molecule has 0 amide bonds. The van der Waals surface area contributed by atoms with Crippen LogP contribution in [0.3, 0.4) is 0 Å². The van der Waals surface area contributed by atoms with Gasteiger partial charge in [-0.05, 0) is 18.3 Å². The van der Waals surface area contributed by atoms with Gasteiger partial charge in [-0.15, -0.1) is 0 Å². The Morgan fingerprint density at radius 3 is 2.12 bits per heavy atom. The summed E-state index contributed by atoms with van der Waals surface area (Å²) in [5.41, 5.74) is 0. The summed E-state index contributed by atoms with van der Waals surface area (Å²) < 4.78 is 33.4. The van der Waals surface area contributed by atoms with E-state index in [0.29, 0.717) is 0 Å². The molecule has 0 bridgehead atoms. The van der Waals surface area contributed by atoms with Crippen LogP contribution in [0.25, 0.3) is 0 Å². The lowest BCUT2D eigenvalue weighted by Crippen LogP contribution is -2.03. The molecule has 0 aliphatic carbocycles. The van der Waals surface area contributed by atoms with Crippen LogP contribution < -0.4 is 0 Å². The number of hydrogen-bond acceptors (Lipinski definition) is 1. The molecular weight excluding hydrogens is 137 g/mol. The third-order valence-electron chi connectivity index (χ3n) is 0.417. The van der Waals surface area contributed by atoms with Crippen molar-refractivity contribution in [1.29, 1.82) is 0 Å². The van der Waals surface area contributed by atoms with Gasteiger partial charge in [0, 0.05) is 0 Å². The topological polar surface area (TPSA) is 0 Å². The summed E-state index contributed by atoms with van der Waals surface area (Å²) in [5.74, 6) is 0. The maximum atomic E-state index is 11.1. The number of alkyl halides is 3. The number of rotatable bonds is 1. The second-order valence-electron chi connectivity index (χ2n) is 1.14. The quantitative estimate of drug-likeness (QED) is 0.502. The Hall–Kier alpha value is -0.340. The van der Waals surface area contributed by atoms with Crippen LogP contribution in [0.2, 0.25) is 0 Å². The fraction of sp³-hybridized carbons (Fsp3) is 0.500. The monoisotopic (exact) mass is 140 g/mol. The van der Waals surface area contributed by atoms with Crippen molar-refractivity contribution >= 4 is 17.2 Å². The minimum atomic E-state index is -4.13. The first kappa shape index (κ1) is 7.66. The normalized spacial score (nSPS) is 10.4. The Bertz CT molecular complexity index is 109. The Kier molecular flexibility index (Phi) is 2.72. The Balaban J connectivity index is 3.55. The van der Waals surface area contributed by atoms with Crippen LogP contribution in [-0.4, -0.2) is 11.2 Å². The summed E-state index contributed by atoms with van der Waals surface area (Å²) >= 11 is 4.01. The molecule has 0 aromatic rings. The SMILES string of the molecule is FC(F)(F)CC=C=S. The van der Waals surface area contributed by atoms with E-state index in [0.717, 1.165) is 6.08 Å². The van der Waals surface area contributed by atoms with Gasteiger partial charge in [-0.2, -0.15) is 13.2 Å². The zero-order valence-electron chi connectivity index (χ0n) is 3.83. The third kappa shape index (κ3) is 5.66. The van der Waals surface area contributed by atoms with Crippen molar-refractivity contribution in [2.24, 2.45) is 0 Å². The summed E-state index contributed by atoms with van der Waals surface area (Å²) in [6.45, 7) is 0. The first-order chi connectivity index (χ1) is 3.56. The van der Waals surface area contributed by atoms with Crippen LogP contribution in [0.4, 0.5) is 13.2 Å². The van der Waals surface area contributed by atoms with Crippen LogP contribution >= 0.6 is 12.2 Å². The van der Waals surface area contributed by atoms with Gasteiger partial charge < -0.3 is 0 Å². The highest BCUT2D eigenvalue weighted by Gasteiger charge is 2.24. The molecular formula is C4H3F3S.